The molecule has 0 aliphatic carbocycles. The summed E-state index contributed by atoms with van der Waals surface area (Å²) in [6.07, 6.45) is 3.41. The lowest BCUT2D eigenvalue weighted by Gasteiger charge is -2.32. The lowest BCUT2D eigenvalue weighted by Crippen LogP contribution is -2.42. The predicted octanol–water partition coefficient (Wildman–Crippen LogP) is 1.19. The number of Topliss-reactive ketones (excluding diaryl/α,β-unsaturated/α-hetero) is 1. The van der Waals surface area contributed by atoms with Crippen molar-refractivity contribution in [1.82, 2.24) is 25.1 Å². The van der Waals surface area contributed by atoms with E-state index in [1.165, 1.54) is 11.0 Å². The van der Waals surface area contributed by atoms with Gasteiger partial charge in [-0.25, -0.2) is 4.68 Å². The van der Waals surface area contributed by atoms with Crippen molar-refractivity contribution in [3.63, 3.8) is 0 Å². The molecule has 0 bridgehead atoms. The van der Waals surface area contributed by atoms with E-state index in [0.717, 1.165) is 12.8 Å². The fourth-order valence-electron chi connectivity index (χ4n) is 3.14. The minimum Gasteiger partial charge on any atom is -0.496 e. The Morgan fingerprint density at radius 3 is 2.92 bits per heavy atom. The fourth-order valence-corrected chi connectivity index (χ4v) is 3.14. The number of aromatic nitrogens is 4. The standard InChI is InChI=1S/C17H21N5O3/c1-25-15-7-3-2-6-14(15)17(24)13-5-4-9-21(11-13)16(23)8-10-22-12-18-19-20-22/h2-3,6-7,12-13H,4-5,8-11H2,1H3/t13-/m1/s1. The molecule has 0 radical (unpaired) electrons. The Balaban J connectivity index is 1.62. The summed E-state index contributed by atoms with van der Waals surface area (Å²) in [5.41, 5.74) is 0.581. The van der Waals surface area contributed by atoms with Crippen LogP contribution in [0.4, 0.5) is 0 Å². The van der Waals surface area contributed by atoms with E-state index in [4.69, 9.17) is 4.74 Å². The van der Waals surface area contributed by atoms with Gasteiger partial charge in [-0.15, -0.1) is 5.10 Å². The van der Waals surface area contributed by atoms with Gasteiger partial charge >= 0.3 is 0 Å². The van der Waals surface area contributed by atoms with E-state index < -0.39 is 0 Å². The maximum atomic E-state index is 12.8. The van der Waals surface area contributed by atoms with Crippen molar-refractivity contribution >= 4 is 11.7 Å². The monoisotopic (exact) mass is 343 g/mol. The molecular weight excluding hydrogens is 322 g/mol. The predicted molar refractivity (Wildman–Crippen MR) is 89.1 cm³/mol. The molecule has 8 nitrogen and oxygen atoms in total. The van der Waals surface area contributed by atoms with E-state index in [1.54, 1.807) is 24.1 Å². The minimum atomic E-state index is -0.193. The molecule has 3 rings (SSSR count). The van der Waals surface area contributed by atoms with Gasteiger partial charge in [0.2, 0.25) is 5.91 Å². The minimum absolute atomic E-state index is 0.0213. The molecule has 2 aromatic rings. The van der Waals surface area contributed by atoms with Crippen molar-refractivity contribution in [2.75, 3.05) is 20.2 Å². The molecular formula is C17H21N5O3. The first-order chi connectivity index (χ1) is 12.2. The Labute approximate surface area is 145 Å². The van der Waals surface area contributed by atoms with Gasteiger partial charge in [-0.2, -0.15) is 0 Å². The number of tetrazole rings is 1. The largest absolute Gasteiger partial charge is 0.496 e. The molecule has 0 N–H and O–H groups in total. The van der Waals surface area contributed by atoms with Crippen molar-refractivity contribution in [1.29, 1.82) is 0 Å². The van der Waals surface area contributed by atoms with Crippen molar-refractivity contribution in [3.05, 3.63) is 36.2 Å². The Hall–Kier alpha value is -2.77. The number of rotatable bonds is 6. The molecule has 25 heavy (non-hydrogen) atoms. The number of carbonyl (C=O) groups is 2. The number of ketones is 1. The van der Waals surface area contributed by atoms with E-state index in [2.05, 4.69) is 15.5 Å². The average Bonchev–Trinajstić information content (AvgIpc) is 3.19. The quantitative estimate of drug-likeness (QED) is 0.732. The van der Waals surface area contributed by atoms with Crippen LogP contribution in [0.25, 0.3) is 0 Å². The van der Waals surface area contributed by atoms with Crippen LogP contribution in [0.15, 0.2) is 30.6 Å². The van der Waals surface area contributed by atoms with Gasteiger partial charge in [0, 0.05) is 25.4 Å². The van der Waals surface area contributed by atoms with Crippen molar-refractivity contribution in [2.45, 2.75) is 25.8 Å². The number of benzene rings is 1. The maximum absolute atomic E-state index is 12.8. The van der Waals surface area contributed by atoms with Crippen LogP contribution in [0.2, 0.25) is 0 Å². The average molecular weight is 343 g/mol. The number of ether oxygens (including phenoxy) is 1. The summed E-state index contributed by atoms with van der Waals surface area (Å²) in [5.74, 6) is 0.445. The first-order valence-electron chi connectivity index (χ1n) is 8.35. The summed E-state index contributed by atoms with van der Waals surface area (Å²) in [6.45, 7) is 1.57. The number of carbonyl (C=O) groups excluding carboxylic acids is 2. The van der Waals surface area contributed by atoms with Gasteiger partial charge in [-0.05, 0) is 35.4 Å². The zero-order chi connectivity index (χ0) is 17.6. The highest BCUT2D eigenvalue weighted by Crippen LogP contribution is 2.26. The Morgan fingerprint density at radius 2 is 2.16 bits per heavy atom. The third-order valence-electron chi connectivity index (χ3n) is 4.46. The van der Waals surface area contributed by atoms with E-state index in [-0.39, 0.29) is 17.6 Å². The molecule has 1 amide bonds. The topological polar surface area (TPSA) is 90.2 Å². The molecule has 1 aromatic carbocycles. The van der Waals surface area contributed by atoms with Gasteiger partial charge in [0.05, 0.1) is 19.2 Å². The fraction of sp³-hybridized carbons (Fsp3) is 0.471. The van der Waals surface area contributed by atoms with Crippen LogP contribution in [0, 0.1) is 5.92 Å². The van der Waals surface area contributed by atoms with Crippen molar-refractivity contribution in [2.24, 2.45) is 5.92 Å². The summed E-state index contributed by atoms with van der Waals surface area (Å²) in [6, 6.07) is 7.23. The SMILES string of the molecule is COc1ccccc1C(=O)[C@@H]1CCCN(C(=O)CCn2cnnn2)C1. The summed E-state index contributed by atoms with van der Waals surface area (Å²) in [4.78, 5) is 27.0. The van der Waals surface area contributed by atoms with Crippen LogP contribution in [0.5, 0.6) is 5.75 Å². The van der Waals surface area contributed by atoms with E-state index in [0.29, 0.717) is 37.4 Å². The van der Waals surface area contributed by atoms with Gasteiger partial charge in [0.15, 0.2) is 5.78 Å². The lowest BCUT2D eigenvalue weighted by molar-refractivity contribution is -0.132. The third-order valence-corrected chi connectivity index (χ3v) is 4.46. The Kier molecular flexibility index (Phi) is 5.37. The van der Waals surface area contributed by atoms with Crippen LogP contribution < -0.4 is 4.74 Å². The van der Waals surface area contributed by atoms with Crippen LogP contribution in [-0.4, -0.2) is 57.0 Å². The number of nitrogens with zero attached hydrogens (tertiary/aromatic N) is 5. The van der Waals surface area contributed by atoms with Crippen LogP contribution in [0.3, 0.4) is 0 Å². The molecule has 2 heterocycles. The van der Waals surface area contributed by atoms with Gasteiger partial charge in [0.25, 0.3) is 0 Å². The number of piperidine rings is 1. The molecule has 0 unspecified atom stereocenters. The number of aryl methyl sites for hydroxylation is 1. The summed E-state index contributed by atoms with van der Waals surface area (Å²) in [5, 5.41) is 10.8. The van der Waals surface area contributed by atoms with Crippen LogP contribution >= 0.6 is 0 Å². The smallest absolute Gasteiger partial charge is 0.224 e. The summed E-state index contributed by atoms with van der Waals surface area (Å²) >= 11 is 0. The Morgan fingerprint density at radius 1 is 1.32 bits per heavy atom. The Bertz CT molecular complexity index is 732. The van der Waals surface area contributed by atoms with Crippen LogP contribution in [0.1, 0.15) is 29.6 Å². The molecule has 1 aliphatic rings. The van der Waals surface area contributed by atoms with Crippen LogP contribution in [-0.2, 0) is 11.3 Å². The second-order valence-electron chi connectivity index (χ2n) is 6.07. The first kappa shape index (κ1) is 17.1. The molecule has 1 aromatic heterocycles. The van der Waals surface area contributed by atoms with Gasteiger partial charge in [0.1, 0.15) is 12.1 Å². The number of para-hydroxylation sites is 1. The summed E-state index contributed by atoms with van der Waals surface area (Å²) in [7, 11) is 1.56. The second-order valence-corrected chi connectivity index (χ2v) is 6.07. The normalized spacial score (nSPS) is 17.3. The van der Waals surface area contributed by atoms with E-state index in [9.17, 15) is 9.59 Å². The number of methoxy groups -OCH3 is 1. The number of amides is 1. The maximum Gasteiger partial charge on any atom is 0.224 e. The van der Waals surface area contributed by atoms with E-state index in [1.807, 2.05) is 12.1 Å². The molecule has 1 fully saturated rings. The van der Waals surface area contributed by atoms with Gasteiger partial charge < -0.3 is 9.64 Å². The molecule has 1 aliphatic heterocycles. The second kappa shape index (κ2) is 7.87. The molecule has 1 saturated heterocycles. The van der Waals surface area contributed by atoms with Gasteiger partial charge in [-0.1, -0.05) is 12.1 Å². The van der Waals surface area contributed by atoms with E-state index >= 15 is 0 Å². The first-order valence-corrected chi connectivity index (χ1v) is 8.35. The highest BCUT2D eigenvalue weighted by molar-refractivity contribution is 6.00. The molecule has 0 saturated carbocycles. The molecule has 132 valence electrons. The lowest BCUT2D eigenvalue weighted by atomic mass is 9.89. The molecule has 1 atom stereocenters. The highest BCUT2D eigenvalue weighted by atomic mass is 16.5. The third kappa shape index (κ3) is 4.01. The number of hydrogen-bond acceptors (Lipinski definition) is 6. The number of likely N-dealkylation sites (tertiary alicyclic amines) is 1. The molecule has 8 heteroatoms. The van der Waals surface area contributed by atoms with Gasteiger partial charge in [-0.3, -0.25) is 9.59 Å². The van der Waals surface area contributed by atoms with Crippen molar-refractivity contribution < 1.29 is 14.3 Å². The zero-order valence-electron chi connectivity index (χ0n) is 14.2. The van der Waals surface area contributed by atoms with Crippen molar-refractivity contribution in [3.8, 4) is 5.75 Å². The number of hydrogen-bond donors (Lipinski definition) is 0. The highest BCUT2D eigenvalue weighted by Gasteiger charge is 2.30. The summed E-state index contributed by atoms with van der Waals surface area (Å²) < 4.78 is 6.82. The zero-order valence-corrected chi connectivity index (χ0v) is 14.2. The molecule has 0 spiro atoms.